The van der Waals surface area contributed by atoms with E-state index >= 15 is 0 Å². The minimum absolute atomic E-state index is 0.00995. The molecule has 5 rings (SSSR count). The van der Waals surface area contributed by atoms with Crippen molar-refractivity contribution >= 4 is 11.7 Å². The summed E-state index contributed by atoms with van der Waals surface area (Å²) in [5, 5.41) is 6.20. The average Bonchev–Trinajstić information content (AvgIpc) is 3.38. The Morgan fingerprint density at radius 2 is 1.56 bits per heavy atom. The van der Waals surface area contributed by atoms with Gasteiger partial charge in [-0.2, -0.15) is 0 Å². The molecule has 6 heteroatoms. The number of ether oxygens (including phenoxy) is 2. The standard InChI is InChI=1S/C28H31N3O3/c32-28(29-24-11-9-23(10-12-24)22-6-2-1-3-7-22)30-25(20-31-14-4-5-15-31)18-21-8-13-26-27(19-21)34-17-16-33-26/h1-3,6-13,19,25H,4-5,14-18,20H2,(H2,29,30,32)/t25-/m0/s1. The number of benzene rings is 3. The Labute approximate surface area is 200 Å². The van der Waals surface area contributed by atoms with Gasteiger partial charge in [-0.1, -0.05) is 48.5 Å². The fourth-order valence-corrected chi connectivity index (χ4v) is 4.67. The van der Waals surface area contributed by atoms with Crippen LogP contribution in [-0.2, 0) is 6.42 Å². The Hall–Kier alpha value is -3.51. The fraction of sp³-hybridized carbons (Fsp3) is 0.321. The summed E-state index contributed by atoms with van der Waals surface area (Å²) >= 11 is 0. The van der Waals surface area contributed by atoms with Crippen LogP contribution in [0.5, 0.6) is 11.5 Å². The van der Waals surface area contributed by atoms with Crippen LogP contribution in [0.2, 0.25) is 0 Å². The van der Waals surface area contributed by atoms with Crippen LogP contribution in [0.4, 0.5) is 10.5 Å². The molecule has 1 saturated heterocycles. The minimum atomic E-state index is -0.186. The Morgan fingerprint density at radius 1 is 0.853 bits per heavy atom. The fourth-order valence-electron chi connectivity index (χ4n) is 4.67. The van der Waals surface area contributed by atoms with E-state index in [0.717, 1.165) is 59.9 Å². The van der Waals surface area contributed by atoms with Crippen LogP contribution < -0.4 is 20.1 Å². The monoisotopic (exact) mass is 457 g/mol. The molecule has 6 nitrogen and oxygen atoms in total. The number of hydrogen-bond acceptors (Lipinski definition) is 4. The van der Waals surface area contributed by atoms with Crippen LogP contribution in [0.15, 0.2) is 72.8 Å². The molecule has 2 aliphatic rings. The molecule has 2 heterocycles. The van der Waals surface area contributed by atoms with Crippen LogP contribution in [-0.4, -0.2) is 49.8 Å². The highest BCUT2D eigenvalue weighted by Crippen LogP contribution is 2.31. The summed E-state index contributed by atoms with van der Waals surface area (Å²) in [7, 11) is 0. The maximum absolute atomic E-state index is 12.9. The molecule has 0 aromatic heterocycles. The molecule has 34 heavy (non-hydrogen) atoms. The van der Waals surface area contributed by atoms with E-state index in [1.165, 1.54) is 12.8 Å². The molecule has 176 valence electrons. The van der Waals surface area contributed by atoms with Crippen LogP contribution in [0.1, 0.15) is 18.4 Å². The number of likely N-dealkylation sites (tertiary alicyclic amines) is 1. The maximum Gasteiger partial charge on any atom is 0.319 e. The van der Waals surface area contributed by atoms with E-state index in [1.54, 1.807) is 0 Å². The van der Waals surface area contributed by atoms with Gasteiger partial charge < -0.3 is 25.0 Å². The van der Waals surface area contributed by atoms with Crippen molar-refractivity contribution in [1.29, 1.82) is 0 Å². The van der Waals surface area contributed by atoms with Crippen molar-refractivity contribution < 1.29 is 14.3 Å². The van der Waals surface area contributed by atoms with E-state index in [4.69, 9.17) is 9.47 Å². The lowest BCUT2D eigenvalue weighted by Crippen LogP contribution is -2.46. The molecular weight excluding hydrogens is 426 g/mol. The van der Waals surface area contributed by atoms with Crippen molar-refractivity contribution in [3.05, 3.63) is 78.4 Å². The Kier molecular flexibility index (Phi) is 6.96. The number of anilines is 1. The molecule has 2 N–H and O–H groups in total. The second kappa shape index (κ2) is 10.6. The number of carbonyl (C=O) groups excluding carboxylic acids is 1. The molecule has 0 aliphatic carbocycles. The molecule has 3 aromatic rings. The number of rotatable bonds is 7. The predicted molar refractivity (Wildman–Crippen MR) is 135 cm³/mol. The Bertz CT molecular complexity index is 1100. The zero-order chi connectivity index (χ0) is 23.2. The number of hydrogen-bond donors (Lipinski definition) is 2. The van der Waals surface area contributed by atoms with Crippen LogP contribution in [0.25, 0.3) is 11.1 Å². The van der Waals surface area contributed by atoms with E-state index < -0.39 is 0 Å². The summed E-state index contributed by atoms with van der Waals surface area (Å²) in [6, 6.07) is 24.0. The molecule has 2 aliphatic heterocycles. The van der Waals surface area contributed by atoms with E-state index in [0.29, 0.717) is 13.2 Å². The van der Waals surface area contributed by atoms with Gasteiger partial charge >= 0.3 is 6.03 Å². The average molecular weight is 458 g/mol. The second-order valence-corrected chi connectivity index (χ2v) is 8.93. The van der Waals surface area contributed by atoms with Crippen molar-refractivity contribution in [3.63, 3.8) is 0 Å². The zero-order valence-electron chi connectivity index (χ0n) is 19.3. The third-order valence-electron chi connectivity index (χ3n) is 6.35. The Balaban J connectivity index is 1.23. The zero-order valence-corrected chi connectivity index (χ0v) is 19.3. The number of amides is 2. The van der Waals surface area contributed by atoms with E-state index in [2.05, 4.69) is 33.7 Å². The molecule has 1 atom stereocenters. The van der Waals surface area contributed by atoms with Crippen LogP contribution >= 0.6 is 0 Å². The number of fused-ring (bicyclic) bond motifs is 1. The van der Waals surface area contributed by atoms with Gasteiger partial charge in [0.1, 0.15) is 13.2 Å². The molecular formula is C28H31N3O3. The van der Waals surface area contributed by atoms with Crippen molar-refractivity contribution in [2.75, 3.05) is 38.2 Å². The smallest absolute Gasteiger partial charge is 0.319 e. The maximum atomic E-state index is 12.9. The molecule has 0 saturated carbocycles. The summed E-state index contributed by atoms with van der Waals surface area (Å²) in [6.07, 6.45) is 3.17. The third-order valence-corrected chi connectivity index (χ3v) is 6.35. The lowest BCUT2D eigenvalue weighted by Gasteiger charge is -2.25. The van der Waals surface area contributed by atoms with Gasteiger partial charge in [0.25, 0.3) is 0 Å². The number of nitrogens with one attached hydrogen (secondary N) is 2. The van der Waals surface area contributed by atoms with Crippen molar-refractivity contribution in [2.24, 2.45) is 0 Å². The minimum Gasteiger partial charge on any atom is -0.486 e. The summed E-state index contributed by atoms with van der Waals surface area (Å²) in [4.78, 5) is 15.3. The lowest BCUT2D eigenvalue weighted by molar-refractivity contribution is 0.171. The van der Waals surface area contributed by atoms with E-state index in [1.807, 2.05) is 54.6 Å². The van der Waals surface area contributed by atoms with Gasteiger partial charge in [-0.25, -0.2) is 4.79 Å². The first-order valence-corrected chi connectivity index (χ1v) is 12.1. The first-order chi connectivity index (χ1) is 16.7. The highest BCUT2D eigenvalue weighted by atomic mass is 16.6. The molecule has 0 unspecified atom stereocenters. The topological polar surface area (TPSA) is 62.8 Å². The molecule has 0 radical (unpaired) electrons. The SMILES string of the molecule is O=C(Nc1ccc(-c2ccccc2)cc1)N[C@@H](Cc1ccc2c(c1)OCCO2)CN1CCCC1. The van der Waals surface area contributed by atoms with Gasteiger partial charge in [0.15, 0.2) is 11.5 Å². The van der Waals surface area contributed by atoms with Gasteiger partial charge in [-0.15, -0.1) is 0 Å². The molecule has 0 bridgehead atoms. The highest BCUT2D eigenvalue weighted by Gasteiger charge is 2.21. The number of urea groups is 1. The highest BCUT2D eigenvalue weighted by molar-refractivity contribution is 5.89. The van der Waals surface area contributed by atoms with E-state index in [-0.39, 0.29) is 12.1 Å². The Morgan fingerprint density at radius 3 is 2.32 bits per heavy atom. The number of nitrogens with zero attached hydrogens (tertiary/aromatic N) is 1. The van der Waals surface area contributed by atoms with Gasteiger partial charge in [-0.05, 0) is 73.3 Å². The molecule has 0 spiro atoms. The third kappa shape index (κ3) is 5.69. The summed E-state index contributed by atoms with van der Waals surface area (Å²) in [6.45, 7) is 4.15. The van der Waals surface area contributed by atoms with Crippen molar-refractivity contribution in [1.82, 2.24) is 10.2 Å². The lowest BCUT2D eigenvalue weighted by atomic mass is 10.0. The van der Waals surface area contributed by atoms with Crippen molar-refractivity contribution in [3.8, 4) is 22.6 Å². The second-order valence-electron chi connectivity index (χ2n) is 8.93. The quantitative estimate of drug-likeness (QED) is 0.527. The van der Waals surface area contributed by atoms with Crippen LogP contribution in [0, 0.1) is 0 Å². The van der Waals surface area contributed by atoms with Gasteiger partial charge in [0.2, 0.25) is 0 Å². The first kappa shape index (κ1) is 22.3. The molecule has 3 aromatic carbocycles. The molecule has 2 amide bonds. The summed E-state index contributed by atoms with van der Waals surface area (Å²) in [5.41, 5.74) is 4.18. The largest absolute Gasteiger partial charge is 0.486 e. The summed E-state index contributed by atoms with van der Waals surface area (Å²) < 4.78 is 11.4. The van der Waals surface area contributed by atoms with Crippen molar-refractivity contribution in [2.45, 2.75) is 25.3 Å². The first-order valence-electron chi connectivity index (χ1n) is 12.1. The summed E-state index contributed by atoms with van der Waals surface area (Å²) in [5.74, 6) is 1.57. The van der Waals surface area contributed by atoms with Gasteiger partial charge in [-0.3, -0.25) is 0 Å². The van der Waals surface area contributed by atoms with E-state index in [9.17, 15) is 4.79 Å². The predicted octanol–water partition coefficient (Wildman–Crippen LogP) is 4.95. The molecule has 1 fully saturated rings. The number of carbonyl (C=O) groups is 1. The van der Waals surface area contributed by atoms with Crippen LogP contribution in [0.3, 0.4) is 0 Å². The normalized spacial score (nSPS) is 16.1. The van der Waals surface area contributed by atoms with Gasteiger partial charge in [0, 0.05) is 18.3 Å². The van der Waals surface area contributed by atoms with Gasteiger partial charge in [0.05, 0.1) is 0 Å².